The third-order valence-corrected chi connectivity index (χ3v) is 6.72. The zero-order valence-electron chi connectivity index (χ0n) is 21.8. The summed E-state index contributed by atoms with van der Waals surface area (Å²) in [7, 11) is 1.66. The SMILES string of the molecule is COc1ccc(-c2ccc3c(N4CCOCC4)nc(N4CC(C)OC(C)C4)nc3n2)cc1CNCCO. The minimum absolute atomic E-state index is 0.0858. The lowest BCUT2D eigenvalue weighted by Crippen LogP contribution is -2.46. The van der Waals surface area contributed by atoms with E-state index in [2.05, 4.69) is 41.1 Å². The van der Waals surface area contributed by atoms with Gasteiger partial charge in [-0.15, -0.1) is 0 Å². The molecule has 2 N–H and O–H groups in total. The molecule has 2 saturated heterocycles. The minimum atomic E-state index is 0.0858. The number of aliphatic hydroxyl groups is 1. The molecule has 0 aliphatic carbocycles. The number of benzene rings is 1. The van der Waals surface area contributed by atoms with Crippen LogP contribution in [0.4, 0.5) is 11.8 Å². The molecule has 0 saturated carbocycles. The molecule has 2 aliphatic rings. The highest BCUT2D eigenvalue weighted by Crippen LogP contribution is 2.31. The molecular weight excluding hydrogens is 472 g/mol. The Bertz CT molecular complexity index is 1210. The number of anilines is 2. The highest BCUT2D eigenvalue weighted by molar-refractivity contribution is 5.90. The van der Waals surface area contributed by atoms with Crippen molar-refractivity contribution < 1.29 is 19.3 Å². The number of fused-ring (bicyclic) bond motifs is 1. The molecule has 198 valence electrons. The van der Waals surface area contributed by atoms with Gasteiger partial charge in [-0.1, -0.05) is 0 Å². The lowest BCUT2D eigenvalue weighted by atomic mass is 10.1. The Labute approximate surface area is 217 Å². The van der Waals surface area contributed by atoms with Gasteiger partial charge in [0.1, 0.15) is 11.6 Å². The number of aromatic nitrogens is 3. The maximum absolute atomic E-state index is 9.13. The van der Waals surface area contributed by atoms with Crippen molar-refractivity contribution in [3.8, 4) is 17.0 Å². The maximum Gasteiger partial charge on any atom is 0.229 e. The van der Waals surface area contributed by atoms with Gasteiger partial charge in [0.15, 0.2) is 5.65 Å². The van der Waals surface area contributed by atoms with Crippen molar-refractivity contribution in [2.24, 2.45) is 0 Å². The average Bonchev–Trinajstić information content (AvgIpc) is 2.92. The molecule has 10 nitrogen and oxygen atoms in total. The summed E-state index contributed by atoms with van der Waals surface area (Å²) in [6.45, 7) is 9.76. The third kappa shape index (κ3) is 5.77. The smallest absolute Gasteiger partial charge is 0.229 e. The Morgan fingerprint density at radius 3 is 2.54 bits per heavy atom. The number of methoxy groups -OCH3 is 1. The van der Waals surface area contributed by atoms with E-state index >= 15 is 0 Å². The standard InChI is InChI=1S/C27H36N6O4/c1-18-16-33(17-19(2)37-18)27-30-25-22(26(31-27)32-9-12-36-13-10-32)5-6-23(29-25)20-4-7-24(35-3)21(14-20)15-28-8-11-34/h4-7,14,18-19,28,34H,8-13,15-17H2,1-3H3. The first-order chi connectivity index (χ1) is 18.1. The van der Waals surface area contributed by atoms with Crippen LogP contribution in [0.15, 0.2) is 30.3 Å². The van der Waals surface area contributed by atoms with Crippen molar-refractivity contribution in [3.05, 3.63) is 35.9 Å². The quantitative estimate of drug-likeness (QED) is 0.440. The van der Waals surface area contributed by atoms with Crippen LogP contribution in [0, 0.1) is 0 Å². The first kappa shape index (κ1) is 25.6. The number of pyridine rings is 1. The summed E-state index contributed by atoms with van der Waals surface area (Å²) in [5.41, 5.74) is 3.49. The van der Waals surface area contributed by atoms with E-state index in [4.69, 9.17) is 34.3 Å². The number of hydrogen-bond donors (Lipinski definition) is 2. The van der Waals surface area contributed by atoms with Gasteiger partial charge in [0, 0.05) is 50.4 Å². The van der Waals surface area contributed by atoms with E-state index in [0.717, 1.165) is 60.0 Å². The van der Waals surface area contributed by atoms with Crippen molar-refractivity contribution in [1.29, 1.82) is 0 Å². The van der Waals surface area contributed by atoms with Crippen LogP contribution >= 0.6 is 0 Å². The van der Waals surface area contributed by atoms with E-state index in [1.807, 2.05) is 18.2 Å². The highest BCUT2D eigenvalue weighted by atomic mass is 16.5. The fourth-order valence-corrected chi connectivity index (χ4v) is 5.02. The van der Waals surface area contributed by atoms with Gasteiger partial charge in [-0.25, -0.2) is 4.98 Å². The van der Waals surface area contributed by atoms with Crippen LogP contribution in [-0.4, -0.2) is 91.9 Å². The number of ether oxygens (including phenoxy) is 3. The van der Waals surface area contributed by atoms with Gasteiger partial charge in [-0.05, 0) is 44.2 Å². The number of rotatable bonds is 8. The summed E-state index contributed by atoms with van der Waals surface area (Å²) in [5.74, 6) is 2.38. The summed E-state index contributed by atoms with van der Waals surface area (Å²) in [6.07, 6.45) is 0.206. The Balaban J connectivity index is 1.56. The Morgan fingerprint density at radius 1 is 1.03 bits per heavy atom. The summed E-state index contributed by atoms with van der Waals surface area (Å²) in [4.78, 5) is 19.5. The molecular formula is C27H36N6O4. The van der Waals surface area contributed by atoms with E-state index in [1.165, 1.54) is 0 Å². The van der Waals surface area contributed by atoms with Crippen LogP contribution in [-0.2, 0) is 16.0 Å². The van der Waals surface area contributed by atoms with Crippen LogP contribution in [0.25, 0.3) is 22.3 Å². The van der Waals surface area contributed by atoms with Crippen molar-refractivity contribution in [2.45, 2.75) is 32.6 Å². The Hall–Kier alpha value is -3.05. The monoisotopic (exact) mass is 508 g/mol. The predicted molar refractivity (Wildman–Crippen MR) is 143 cm³/mol. The molecule has 0 spiro atoms. The zero-order valence-corrected chi connectivity index (χ0v) is 21.8. The molecule has 3 aromatic rings. The van der Waals surface area contributed by atoms with E-state index in [1.54, 1.807) is 7.11 Å². The van der Waals surface area contributed by atoms with Crippen LogP contribution in [0.2, 0.25) is 0 Å². The second-order valence-electron chi connectivity index (χ2n) is 9.60. The van der Waals surface area contributed by atoms with Crippen molar-refractivity contribution in [1.82, 2.24) is 20.3 Å². The van der Waals surface area contributed by atoms with Crippen LogP contribution in [0.1, 0.15) is 19.4 Å². The number of nitrogens with one attached hydrogen (secondary N) is 1. The maximum atomic E-state index is 9.13. The lowest BCUT2D eigenvalue weighted by Gasteiger charge is -2.36. The van der Waals surface area contributed by atoms with Crippen LogP contribution in [0.5, 0.6) is 5.75 Å². The molecule has 10 heteroatoms. The van der Waals surface area contributed by atoms with Gasteiger partial charge in [0.05, 0.1) is 50.2 Å². The molecule has 0 amide bonds. The number of hydrogen-bond acceptors (Lipinski definition) is 10. The molecule has 0 bridgehead atoms. The van der Waals surface area contributed by atoms with Crippen molar-refractivity contribution in [3.63, 3.8) is 0 Å². The molecule has 4 heterocycles. The molecule has 37 heavy (non-hydrogen) atoms. The zero-order chi connectivity index (χ0) is 25.8. The van der Waals surface area contributed by atoms with Gasteiger partial charge in [0.2, 0.25) is 5.95 Å². The largest absolute Gasteiger partial charge is 0.496 e. The fraction of sp³-hybridized carbons (Fsp3) is 0.519. The van der Waals surface area contributed by atoms with Gasteiger partial charge in [0.25, 0.3) is 0 Å². The second kappa shape index (κ2) is 11.6. The van der Waals surface area contributed by atoms with Crippen molar-refractivity contribution in [2.75, 3.05) is 69.5 Å². The Morgan fingerprint density at radius 2 is 1.81 bits per heavy atom. The minimum Gasteiger partial charge on any atom is -0.496 e. The molecule has 2 aliphatic heterocycles. The summed E-state index contributed by atoms with van der Waals surface area (Å²) in [6, 6.07) is 10.1. The average molecular weight is 509 g/mol. The number of nitrogens with zero attached hydrogens (tertiary/aromatic N) is 5. The molecule has 1 aromatic carbocycles. The first-order valence-corrected chi connectivity index (χ1v) is 13.0. The lowest BCUT2D eigenvalue weighted by molar-refractivity contribution is -0.00570. The summed E-state index contributed by atoms with van der Waals surface area (Å²) < 4.78 is 17.1. The number of aliphatic hydroxyl groups excluding tert-OH is 1. The fourth-order valence-electron chi connectivity index (χ4n) is 5.02. The Kier molecular flexibility index (Phi) is 7.99. The predicted octanol–water partition coefficient (Wildman–Crippen LogP) is 2.23. The molecule has 5 rings (SSSR count). The topological polar surface area (TPSA) is 105 Å². The van der Waals surface area contributed by atoms with E-state index < -0.39 is 0 Å². The summed E-state index contributed by atoms with van der Waals surface area (Å²) >= 11 is 0. The van der Waals surface area contributed by atoms with E-state index in [9.17, 15) is 0 Å². The van der Waals surface area contributed by atoms with E-state index in [0.29, 0.717) is 37.9 Å². The summed E-state index contributed by atoms with van der Waals surface area (Å²) in [5, 5.41) is 13.3. The van der Waals surface area contributed by atoms with E-state index in [-0.39, 0.29) is 18.8 Å². The van der Waals surface area contributed by atoms with Crippen LogP contribution < -0.4 is 19.9 Å². The molecule has 2 atom stereocenters. The second-order valence-corrected chi connectivity index (χ2v) is 9.60. The van der Waals surface area contributed by atoms with Crippen molar-refractivity contribution >= 4 is 22.8 Å². The number of morpholine rings is 2. The highest BCUT2D eigenvalue weighted by Gasteiger charge is 2.26. The molecule has 0 radical (unpaired) electrons. The molecule has 2 fully saturated rings. The first-order valence-electron chi connectivity index (χ1n) is 13.0. The van der Waals surface area contributed by atoms with Gasteiger partial charge < -0.3 is 34.4 Å². The third-order valence-electron chi connectivity index (χ3n) is 6.72. The molecule has 2 unspecified atom stereocenters. The van der Waals surface area contributed by atoms with Gasteiger partial charge >= 0.3 is 0 Å². The van der Waals surface area contributed by atoms with Gasteiger partial charge in [-0.3, -0.25) is 0 Å². The van der Waals surface area contributed by atoms with Crippen LogP contribution in [0.3, 0.4) is 0 Å². The normalized spacial score (nSPS) is 20.4. The molecule has 2 aromatic heterocycles. The van der Waals surface area contributed by atoms with Gasteiger partial charge in [-0.2, -0.15) is 9.97 Å².